The van der Waals surface area contributed by atoms with Crippen LogP contribution >= 0.6 is 0 Å². The first-order valence-electron chi connectivity index (χ1n) is 6.69. The van der Waals surface area contributed by atoms with Crippen LogP contribution in [0.1, 0.15) is 6.92 Å². The molecular weight excluding hydrogens is 238 g/mol. The van der Waals surface area contributed by atoms with Crippen molar-refractivity contribution in [2.45, 2.75) is 13.0 Å². The van der Waals surface area contributed by atoms with Crippen LogP contribution < -0.4 is 15.0 Å². The molecule has 3 rings (SSSR count). The molecule has 1 atom stereocenters. The summed E-state index contributed by atoms with van der Waals surface area (Å²) in [5.74, 6) is 1.96. The summed E-state index contributed by atoms with van der Waals surface area (Å²) >= 11 is 0. The molecular formula is C15H19N3O. The summed E-state index contributed by atoms with van der Waals surface area (Å²) in [7, 11) is 1.70. The van der Waals surface area contributed by atoms with Crippen LogP contribution in [0.2, 0.25) is 0 Å². The lowest BCUT2D eigenvalue weighted by Crippen LogP contribution is -2.50. The fourth-order valence-corrected chi connectivity index (χ4v) is 2.65. The number of benzene rings is 1. The Balaban J connectivity index is 2.08. The molecule has 4 nitrogen and oxygen atoms in total. The average Bonchev–Trinajstić information content (AvgIpc) is 2.46. The number of fused-ring (bicyclic) bond motifs is 1. The van der Waals surface area contributed by atoms with Crippen molar-refractivity contribution in [1.29, 1.82) is 0 Å². The van der Waals surface area contributed by atoms with Crippen LogP contribution in [0.3, 0.4) is 0 Å². The van der Waals surface area contributed by atoms with Gasteiger partial charge in [0.25, 0.3) is 0 Å². The lowest BCUT2D eigenvalue weighted by atomic mass is 10.1. The third-order valence-electron chi connectivity index (χ3n) is 3.72. The number of nitrogens with one attached hydrogen (secondary N) is 1. The highest BCUT2D eigenvalue weighted by molar-refractivity contribution is 5.93. The number of rotatable bonds is 2. The number of nitrogens with zero attached hydrogens (tertiary/aromatic N) is 2. The average molecular weight is 257 g/mol. The molecule has 0 saturated carbocycles. The van der Waals surface area contributed by atoms with Gasteiger partial charge in [-0.25, -0.2) is 4.98 Å². The largest absolute Gasteiger partial charge is 0.497 e. The van der Waals surface area contributed by atoms with Crippen molar-refractivity contribution in [3.05, 3.63) is 30.5 Å². The second kappa shape index (κ2) is 5.05. The highest BCUT2D eigenvalue weighted by Crippen LogP contribution is 2.29. The minimum Gasteiger partial charge on any atom is -0.497 e. The second-order valence-electron chi connectivity index (χ2n) is 4.97. The van der Waals surface area contributed by atoms with Crippen molar-refractivity contribution in [2.24, 2.45) is 0 Å². The van der Waals surface area contributed by atoms with Crippen molar-refractivity contribution < 1.29 is 4.74 Å². The topological polar surface area (TPSA) is 37.4 Å². The van der Waals surface area contributed by atoms with E-state index >= 15 is 0 Å². The summed E-state index contributed by atoms with van der Waals surface area (Å²) < 4.78 is 5.28. The minimum absolute atomic E-state index is 0.467. The van der Waals surface area contributed by atoms with Crippen LogP contribution in [0.4, 0.5) is 5.82 Å². The van der Waals surface area contributed by atoms with E-state index in [2.05, 4.69) is 34.3 Å². The minimum atomic E-state index is 0.467. The summed E-state index contributed by atoms with van der Waals surface area (Å²) in [5.41, 5.74) is 0. The lowest BCUT2D eigenvalue weighted by molar-refractivity contribution is 0.415. The first-order chi connectivity index (χ1) is 9.29. The van der Waals surface area contributed by atoms with Gasteiger partial charge < -0.3 is 15.0 Å². The van der Waals surface area contributed by atoms with E-state index in [1.54, 1.807) is 7.11 Å². The smallest absolute Gasteiger partial charge is 0.136 e. The van der Waals surface area contributed by atoms with Crippen LogP contribution in [-0.2, 0) is 0 Å². The first kappa shape index (κ1) is 12.2. The SMILES string of the molecule is COc1ccc2c(N3CCNCC3C)nccc2c1. The van der Waals surface area contributed by atoms with Crippen molar-refractivity contribution in [1.82, 2.24) is 10.3 Å². The van der Waals surface area contributed by atoms with Crippen LogP contribution in [0.15, 0.2) is 30.5 Å². The maximum Gasteiger partial charge on any atom is 0.136 e. The molecule has 0 bridgehead atoms. The van der Waals surface area contributed by atoms with E-state index < -0.39 is 0 Å². The first-order valence-corrected chi connectivity index (χ1v) is 6.69. The van der Waals surface area contributed by atoms with Gasteiger partial charge in [-0.05, 0) is 36.6 Å². The van der Waals surface area contributed by atoms with E-state index in [-0.39, 0.29) is 0 Å². The van der Waals surface area contributed by atoms with Crippen molar-refractivity contribution in [3.63, 3.8) is 0 Å². The summed E-state index contributed by atoms with van der Waals surface area (Å²) in [6.45, 7) is 5.25. The highest BCUT2D eigenvalue weighted by atomic mass is 16.5. The summed E-state index contributed by atoms with van der Waals surface area (Å²) in [6, 6.07) is 8.67. The summed E-state index contributed by atoms with van der Waals surface area (Å²) in [5, 5.41) is 5.78. The summed E-state index contributed by atoms with van der Waals surface area (Å²) in [4.78, 5) is 6.97. The fourth-order valence-electron chi connectivity index (χ4n) is 2.65. The Morgan fingerprint density at radius 2 is 2.26 bits per heavy atom. The highest BCUT2D eigenvalue weighted by Gasteiger charge is 2.20. The van der Waals surface area contributed by atoms with Crippen LogP contribution in [-0.4, -0.2) is 37.8 Å². The van der Waals surface area contributed by atoms with Gasteiger partial charge in [0.1, 0.15) is 11.6 Å². The van der Waals surface area contributed by atoms with Crippen LogP contribution in [0, 0.1) is 0 Å². The Morgan fingerprint density at radius 3 is 3.05 bits per heavy atom. The molecule has 2 heterocycles. The van der Waals surface area contributed by atoms with E-state index in [1.165, 1.54) is 10.8 Å². The molecule has 1 aromatic heterocycles. The molecule has 1 N–H and O–H groups in total. The third-order valence-corrected chi connectivity index (χ3v) is 3.72. The molecule has 1 saturated heterocycles. The van der Waals surface area contributed by atoms with Crippen molar-refractivity contribution in [3.8, 4) is 5.75 Å². The number of hydrogen-bond donors (Lipinski definition) is 1. The Hall–Kier alpha value is -1.81. The number of anilines is 1. The maximum atomic E-state index is 5.28. The van der Waals surface area contributed by atoms with E-state index in [4.69, 9.17) is 4.74 Å². The van der Waals surface area contributed by atoms with Gasteiger partial charge in [-0.15, -0.1) is 0 Å². The van der Waals surface area contributed by atoms with E-state index in [1.807, 2.05) is 18.3 Å². The van der Waals surface area contributed by atoms with Crippen LogP contribution in [0.5, 0.6) is 5.75 Å². The maximum absolute atomic E-state index is 5.28. The normalized spacial score (nSPS) is 19.7. The number of hydrogen-bond acceptors (Lipinski definition) is 4. The standard InChI is InChI=1S/C15H19N3O/c1-11-10-16-7-8-18(11)15-14-4-3-13(19-2)9-12(14)5-6-17-15/h3-6,9,11,16H,7-8,10H2,1-2H3. The molecule has 2 aromatic rings. The number of ether oxygens (including phenoxy) is 1. The Kier molecular flexibility index (Phi) is 3.25. The van der Waals surface area contributed by atoms with Gasteiger partial charge in [-0.3, -0.25) is 0 Å². The number of methoxy groups -OCH3 is 1. The van der Waals surface area contributed by atoms with E-state index in [0.29, 0.717) is 6.04 Å². The van der Waals surface area contributed by atoms with Gasteiger partial charge in [0, 0.05) is 37.3 Å². The van der Waals surface area contributed by atoms with Crippen LogP contribution in [0.25, 0.3) is 10.8 Å². The monoisotopic (exact) mass is 257 g/mol. The second-order valence-corrected chi connectivity index (χ2v) is 4.97. The summed E-state index contributed by atoms with van der Waals surface area (Å²) in [6.07, 6.45) is 1.88. The molecule has 1 aromatic carbocycles. The number of piperazine rings is 1. The zero-order chi connectivity index (χ0) is 13.2. The molecule has 0 radical (unpaired) electrons. The van der Waals surface area contributed by atoms with Gasteiger partial charge in [-0.2, -0.15) is 0 Å². The molecule has 1 aliphatic heterocycles. The third kappa shape index (κ3) is 2.24. The Labute approximate surface area is 113 Å². The molecule has 0 aliphatic carbocycles. The van der Waals surface area contributed by atoms with Gasteiger partial charge in [0.2, 0.25) is 0 Å². The molecule has 1 aliphatic rings. The zero-order valence-corrected chi connectivity index (χ0v) is 11.4. The Morgan fingerprint density at radius 1 is 1.37 bits per heavy atom. The number of aromatic nitrogens is 1. The molecule has 4 heteroatoms. The fraction of sp³-hybridized carbons (Fsp3) is 0.400. The van der Waals surface area contributed by atoms with Gasteiger partial charge in [0.15, 0.2) is 0 Å². The number of pyridine rings is 1. The zero-order valence-electron chi connectivity index (χ0n) is 11.4. The molecule has 0 spiro atoms. The quantitative estimate of drug-likeness (QED) is 0.893. The van der Waals surface area contributed by atoms with E-state index in [9.17, 15) is 0 Å². The molecule has 19 heavy (non-hydrogen) atoms. The van der Waals surface area contributed by atoms with Crippen molar-refractivity contribution in [2.75, 3.05) is 31.6 Å². The van der Waals surface area contributed by atoms with Gasteiger partial charge >= 0.3 is 0 Å². The van der Waals surface area contributed by atoms with Gasteiger partial charge in [-0.1, -0.05) is 0 Å². The van der Waals surface area contributed by atoms with E-state index in [0.717, 1.165) is 31.2 Å². The molecule has 100 valence electrons. The predicted octanol–water partition coefficient (Wildman–Crippen LogP) is 2.04. The molecule has 1 fully saturated rings. The Bertz CT molecular complexity index is 585. The molecule has 1 unspecified atom stereocenters. The predicted molar refractivity (Wildman–Crippen MR) is 78.0 cm³/mol. The molecule has 0 amide bonds. The van der Waals surface area contributed by atoms with Crippen molar-refractivity contribution >= 4 is 16.6 Å². The van der Waals surface area contributed by atoms with Gasteiger partial charge in [0.05, 0.1) is 7.11 Å². The lowest BCUT2D eigenvalue weighted by Gasteiger charge is -2.35.